The van der Waals surface area contributed by atoms with Crippen molar-refractivity contribution in [1.29, 1.82) is 0 Å². The number of carbonyl (C=O) groups is 3. The number of nitrogens with one attached hydrogen (secondary N) is 1. The number of aromatic nitrogens is 2. The van der Waals surface area contributed by atoms with E-state index < -0.39 is 30.0 Å². The number of carbonyl (C=O) groups excluding carboxylic acids is 3. The van der Waals surface area contributed by atoms with Gasteiger partial charge in [0.25, 0.3) is 11.8 Å². The molecule has 27 heavy (non-hydrogen) atoms. The first kappa shape index (κ1) is 18.6. The number of hydrogen-bond donors (Lipinski definition) is 1. The van der Waals surface area contributed by atoms with E-state index in [9.17, 15) is 14.4 Å². The van der Waals surface area contributed by atoms with E-state index in [1.165, 1.54) is 0 Å². The second-order valence-corrected chi connectivity index (χ2v) is 6.15. The van der Waals surface area contributed by atoms with Crippen molar-refractivity contribution in [3.63, 3.8) is 0 Å². The SMILES string of the molecule is CCC1(CC)NC(=O)N(CC(=O)OCc2nc(-c3ccccc3)no2)C1=O. The summed E-state index contributed by atoms with van der Waals surface area (Å²) in [6, 6.07) is 8.61. The highest BCUT2D eigenvalue weighted by molar-refractivity contribution is 6.08. The number of imide groups is 1. The lowest BCUT2D eigenvalue weighted by Crippen LogP contribution is -2.46. The lowest BCUT2D eigenvalue weighted by Gasteiger charge is -2.22. The largest absolute Gasteiger partial charge is 0.454 e. The number of urea groups is 1. The summed E-state index contributed by atoms with van der Waals surface area (Å²) in [7, 11) is 0. The Bertz CT molecular complexity index is 844. The van der Waals surface area contributed by atoms with Gasteiger partial charge in [0.2, 0.25) is 5.82 Å². The average Bonchev–Trinajstić information content (AvgIpc) is 3.26. The van der Waals surface area contributed by atoms with Crippen LogP contribution >= 0.6 is 0 Å². The minimum Gasteiger partial charge on any atom is -0.454 e. The second kappa shape index (κ2) is 7.56. The highest BCUT2D eigenvalue weighted by atomic mass is 16.6. The van der Waals surface area contributed by atoms with E-state index in [4.69, 9.17) is 9.26 Å². The molecule has 0 spiro atoms. The van der Waals surface area contributed by atoms with Crippen LogP contribution in [0.5, 0.6) is 0 Å². The first-order valence-electron chi connectivity index (χ1n) is 8.67. The number of nitrogens with zero attached hydrogens (tertiary/aromatic N) is 3. The summed E-state index contributed by atoms with van der Waals surface area (Å²) in [6.07, 6.45) is 0.897. The Hall–Kier alpha value is -3.23. The number of hydrogen-bond acceptors (Lipinski definition) is 7. The van der Waals surface area contributed by atoms with Crippen molar-refractivity contribution >= 4 is 17.9 Å². The van der Waals surface area contributed by atoms with Gasteiger partial charge in [-0.3, -0.25) is 14.5 Å². The number of ether oxygens (including phenoxy) is 1. The molecular formula is C18H20N4O5. The summed E-state index contributed by atoms with van der Waals surface area (Å²) in [5.41, 5.74) is -0.178. The second-order valence-electron chi connectivity index (χ2n) is 6.15. The first-order chi connectivity index (χ1) is 13.0. The molecule has 1 aliphatic heterocycles. The molecule has 1 aromatic carbocycles. The van der Waals surface area contributed by atoms with Gasteiger partial charge in [0.1, 0.15) is 12.1 Å². The molecule has 3 rings (SSSR count). The quantitative estimate of drug-likeness (QED) is 0.583. The van der Waals surface area contributed by atoms with Gasteiger partial charge in [-0.05, 0) is 12.8 Å². The standard InChI is InChI=1S/C18H20N4O5/c1-3-18(4-2)16(24)22(17(25)20-18)10-14(23)26-11-13-19-15(21-27-13)12-8-6-5-7-9-12/h5-9H,3-4,10-11H2,1-2H3,(H,20,25). The molecule has 9 nitrogen and oxygen atoms in total. The number of esters is 1. The van der Waals surface area contributed by atoms with Crippen molar-refractivity contribution in [2.45, 2.75) is 38.8 Å². The molecule has 1 saturated heterocycles. The van der Waals surface area contributed by atoms with Gasteiger partial charge in [-0.2, -0.15) is 4.98 Å². The van der Waals surface area contributed by atoms with Gasteiger partial charge in [-0.25, -0.2) is 4.79 Å². The lowest BCUT2D eigenvalue weighted by atomic mass is 9.93. The molecule has 1 N–H and O–H groups in total. The topological polar surface area (TPSA) is 115 Å². The highest BCUT2D eigenvalue weighted by Gasteiger charge is 2.49. The van der Waals surface area contributed by atoms with Gasteiger partial charge in [0, 0.05) is 5.56 Å². The third-order valence-corrected chi connectivity index (χ3v) is 4.60. The van der Waals surface area contributed by atoms with E-state index in [0.717, 1.165) is 10.5 Å². The molecule has 0 atom stereocenters. The van der Waals surface area contributed by atoms with Crippen LogP contribution < -0.4 is 5.32 Å². The van der Waals surface area contributed by atoms with Crippen LogP contribution in [0, 0.1) is 0 Å². The number of rotatable bonds is 7. The van der Waals surface area contributed by atoms with Crippen LogP contribution in [0.3, 0.4) is 0 Å². The molecule has 0 aliphatic carbocycles. The zero-order valence-electron chi connectivity index (χ0n) is 15.1. The predicted octanol–water partition coefficient (Wildman–Crippen LogP) is 1.89. The van der Waals surface area contributed by atoms with E-state index in [0.29, 0.717) is 18.7 Å². The molecule has 2 aromatic rings. The Kier molecular flexibility index (Phi) is 5.20. The Balaban J connectivity index is 1.57. The van der Waals surface area contributed by atoms with Crippen LogP contribution in [0.15, 0.2) is 34.9 Å². The third kappa shape index (κ3) is 3.67. The lowest BCUT2D eigenvalue weighted by molar-refractivity contribution is -0.149. The van der Waals surface area contributed by atoms with E-state index in [-0.39, 0.29) is 12.5 Å². The smallest absolute Gasteiger partial charge is 0.326 e. The third-order valence-electron chi connectivity index (χ3n) is 4.60. The molecule has 9 heteroatoms. The first-order valence-corrected chi connectivity index (χ1v) is 8.67. The molecule has 1 fully saturated rings. The predicted molar refractivity (Wildman–Crippen MR) is 93.1 cm³/mol. The zero-order valence-corrected chi connectivity index (χ0v) is 15.1. The molecule has 0 bridgehead atoms. The van der Waals surface area contributed by atoms with E-state index in [2.05, 4.69) is 15.5 Å². The Morgan fingerprint density at radius 1 is 1.22 bits per heavy atom. The van der Waals surface area contributed by atoms with Crippen LogP contribution in [0.25, 0.3) is 11.4 Å². The Labute approximate surface area is 155 Å². The molecule has 142 valence electrons. The van der Waals surface area contributed by atoms with Gasteiger partial charge < -0.3 is 14.6 Å². The van der Waals surface area contributed by atoms with Crippen LogP contribution in [0.4, 0.5) is 4.79 Å². The summed E-state index contributed by atoms with van der Waals surface area (Å²) < 4.78 is 10.1. The average molecular weight is 372 g/mol. The Morgan fingerprint density at radius 3 is 2.56 bits per heavy atom. The van der Waals surface area contributed by atoms with Gasteiger partial charge in [-0.15, -0.1) is 0 Å². The maximum absolute atomic E-state index is 12.5. The van der Waals surface area contributed by atoms with Crippen molar-refractivity contribution < 1.29 is 23.6 Å². The maximum Gasteiger partial charge on any atom is 0.326 e. The summed E-state index contributed by atoms with van der Waals surface area (Å²) >= 11 is 0. The van der Waals surface area contributed by atoms with Gasteiger partial charge in [0.15, 0.2) is 6.61 Å². The fourth-order valence-electron chi connectivity index (χ4n) is 2.88. The van der Waals surface area contributed by atoms with Crippen LogP contribution in [-0.4, -0.2) is 45.0 Å². The number of benzene rings is 1. The van der Waals surface area contributed by atoms with E-state index in [1.807, 2.05) is 44.2 Å². The zero-order chi connectivity index (χ0) is 19.4. The van der Waals surface area contributed by atoms with Crippen molar-refractivity contribution in [3.05, 3.63) is 36.2 Å². The number of amides is 3. The van der Waals surface area contributed by atoms with Gasteiger partial charge >= 0.3 is 12.0 Å². The van der Waals surface area contributed by atoms with Crippen LogP contribution in [0.2, 0.25) is 0 Å². The minimum absolute atomic E-state index is 0.121. The van der Waals surface area contributed by atoms with Crippen LogP contribution in [-0.2, 0) is 20.9 Å². The molecular weight excluding hydrogens is 352 g/mol. The van der Waals surface area contributed by atoms with Crippen LogP contribution in [0.1, 0.15) is 32.6 Å². The normalized spacial score (nSPS) is 15.7. The van der Waals surface area contributed by atoms with Crippen molar-refractivity contribution in [2.75, 3.05) is 6.54 Å². The summed E-state index contributed by atoms with van der Waals surface area (Å²) in [5.74, 6) is -0.651. The summed E-state index contributed by atoms with van der Waals surface area (Å²) in [5, 5.41) is 6.48. The monoisotopic (exact) mass is 372 g/mol. The molecule has 0 saturated carbocycles. The van der Waals surface area contributed by atoms with Crippen molar-refractivity contribution in [1.82, 2.24) is 20.4 Å². The Morgan fingerprint density at radius 2 is 1.93 bits per heavy atom. The van der Waals surface area contributed by atoms with Gasteiger partial charge in [0.05, 0.1) is 0 Å². The fraction of sp³-hybridized carbons (Fsp3) is 0.389. The fourth-order valence-corrected chi connectivity index (χ4v) is 2.88. The molecule has 0 unspecified atom stereocenters. The molecule has 3 amide bonds. The van der Waals surface area contributed by atoms with Gasteiger partial charge in [-0.1, -0.05) is 49.3 Å². The molecule has 0 radical (unpaired) electrons. The maximum atomic E-state index is 12.5. The highest BCUT2D eigenvalue weighted by Crippen LogP contribution is 2.24. The summed E-state index contributed by atoms with van der Waals surface area (Å²) in [4.78, 5) is 41.6. The van der Waals surface area contributed by atoms with Crippen molar-refractivity contribution in [3.8, 4) is 11.4 Å². The molecule has 1 aliphatic rings. The molecule has 2 heterocycles. The van der Waals surface area contributed by atoms with Crippen molar-refractivity contribution in [2.24, 2.45) is 0 Å². The summed E-state index contributed by atoms with van der Waals surface area (Å²) in [6.45, 7) is 2.91. The molecule has 1 aromatic heterocycles. The van der Waals surface area contributed by atoms with E-state index >= 15 is 0 Å². The van der Waals surface area contributed by atoms with E-state index in [1.54, 1.807) is 0 Å². The minimum atomic E-state index is -0.950.